The second kappa shape index (κ2) is 6.20. The molecule has 3 nitrogen and oxygen atoms in total. The van der Waals surface area contributed by atoms with Crippen LogP contribution in [0.2, 0.25) is 0 Å². The molecular weight excluding hydrogens is 317 g/mol. The number of aromatic amines is 1. The van der Waals surface area contributed by atoms with Gasteiger partial charge in [-0.2, -0.15) is 13.2 Å². The highest BCUT2D eigenvalue weighted by atomic mass is 19.4. The van der Waals surface area contributed by atoms with Gasteiger partial charge in [0.15, 0.2) is 0 Å². The third kappa shape index (κ3) is 2.97. The van der Waals surface area contributed by atoms with E-state index in [1.807, 2.05) is 31.2 Å². The van der Waals surface area contributed by atoms with Crippen LogP contribution in [0.4, 0.5) is 24.5 Å². The van der Waals surface area contributed by atoms with E-state index >= 15 is 0 Å². The summed E-state index contributed by atoms with van der Waals surface area (Å²) < 4.78 is 39.0. The fraction of sp³-hybridized carbons (Fsp3) is 0.222. The number of benzene rings is 2. The maximum absolute atomic E-state index is 13.0. The van der Waals surface area contributed by atoms with E-state index in [0.717, 1.165) is 29.8 Å². The van der Waals surface area contributed by atoms with Crippen molar-refractivity contribution in [3.8, 4) is 0 Å². The lowest BCUT2D eigenvalue weighted by molar-refractivity contribution is -0.137. The van der Waals surface area contributed by atoms with Crippen molar-refractivity contribution >= 4 is 22.3 Å². The number of anilines is 2. The Morgan fingerprint density at radius 2 is 1.88 bits per heavy atom. The van der Waals surface area contributed by atoms with Gasteiger partial charge in [0, 0.05) is 16.6 Å². The lowest BCUT2D eigenvalue weighted by Crippen LogP contribution is -2.04. The van der Waals surface area contributed by atoms with Crippen LogP contribution < -0.4 is 5.32 Å². The van der Waals surface area contributed by atoms with Crippen LogP contribution in [0.1, 0.15) is 23.7 Å². The van der Waals surface area contributed by atoms with Crippen molar-refractivity contribution in [2.45, 2.75) is 26.1 Å². The van der Waals surface area contributed by atoms with E-state index in [1.165, 1.54) is 6.07 Å². The summed E-state index contributed by atoms with van der Waals surface area (Å²) in [6.07, 6.45) is -3.63. The molecule has 0 spiro atoms. The monoisotopic (exact) mass is 334 g/mol. The molecule has 6 heteroatoms. The van der Waals surface area contributed by atoms with E-state index in [2.05, 4.69) is 10.3 Å². The van der Waals surface area contributed by atoms with Gasteiger partial charge in [-0.25, -0.2) is 0 Å². The van der Waals surface area contributed by atoms with Crippen molar-refractivity contribution in [3.05, 3.63) is 59.3 Å². The molecule has 0 fully saturated rings. The molecule has 3 N–H and O–H groups in total. The molecule has 24 heavy (non-hydrogen) atoms. The van der Waals surface area contributed by atoms with Gasteiger partial charge in [0.05, 0.1) is 23.6 Å². The van der Waals surface area contributed by atoms with Gasteiger partial charge >= 0.3 is 6.18 Å². The van der Waals surface area contributed by atoms with E-state index in [1.54, 1.807) is 0 Å². The summed E-state index contributed by atoms with van der Waals surface area (Å²) in [6.45, 7) is 1.71. The highest BCUT2D eigenvalue weighted by Gasteiger charge is 2.31. The third-order valence-corrected chi connectivity index (χ3v) is 4.02. The van der Waals surface area contributed by atoms with Gasteiger partial charge in [-0.1, -0.05) is 25.1 Å². The van der Waals surface area contributed by atoms with E-state index in [9.17, 15) is 18.3 Å². The van der Waals surface area contributed by atoms with Crippen LogP contribution in [0.3, 0.4) is 0 Å². The number of nitrogens with one attached hydrogen (secondary N) is 2. The Labute approximate surface area is 137 Å². The Bertz CT molecular complexity index is 868. The van der Waals surface area contributed by atoms with Crippen molar-refractivity contribution in [2.75, 3.05) is 5.32 Å². The summed E-state index contributed by atoms with van der Waals surface area (Å²) in [4.78, 5) is 2.97. The zero-order valence-corrected chi connectivity index (χ0v) is 13.0. The summed E-state index contributed by atoms with van der Waals surface area (Å²) in [5.41, 5.74) is 2.61. The minimum atomic E-state index is -4.41. The lowest BCUT2D eigenvalue weighted by Gasteiger charge is -2.12. The molecular formula is C18H17F3N2O. The minimum absolute atomic E-state index is 0.299. The Balaban J connectivity index is 2.14. The van der Waals surface area contributed by atoms with Gasteiger partial charge in [-0.05, 0) is 36.2 Å². The number of alkyl halides is 3. The Morgan fingerprint density at radius 3 is 2.54 bits per heavy atom. The van der Waals surface area contributed by atoms with Crippen LogP contribution in [0.5, 0.6) is 0 Å². The number of H-pyrrole nitrogens is 1. The van der Waals surface area contributed by atoms with E-state index in [4.69, 9.17) is 0 Å². The smallest absolute Gasteiger partial charge is 0.390 e. The second-order valence-electron chi connectivity index (χ2n) is 5.53. The first-order valence-corrected chi connectivity index (χ1v) is 7.61. The fourth-order valence-corrected chi connectivity index (χ4v) is 2.77. The average molecular weight is 334 g/mol. The molecule has 0 saturated carbocycles. The summed E-state index contributed by atoms with van der Waals surface area (Å²) in [5.74, 6) is 0. The van der Waals surface area contributed by atoms with Gasteiger partial charge in [0.1, 0.15) is 0 Å². The maximum atomic E-state index is 13.0. The predicted molar refractivity (Wildman–Crippen MR) is 88.3 cm³/mol. The molecule has 1 aromatic heterocycles. The number of halogens is 3. The van der Waals surface area contributed by atoms with Gasteiger partial charge in [-0.15, -0.1) is 0 Å². The molecule has 0 amide bonds. The van der Waals surface area contributed by atoms with Crippen LogP contribution in [0.25, 0.3) is 10.9 Å². The maximum Gasteiger partial charge on any atom is 0.416 e. The molecule has 0 aliphatic heterocycles. The predicted octanol–water partition coefficient (Wildman–Crippen LogP) is 4.99. The molecule has 0 aliphatic carbocycles. The first-order valence-electron chi connectivity index (χ1n) is 7.61. The number of aryl methyl sites for hydroxylation is 1. The third-order valence-electron chi connectivity index (χ3n) is 4.02. The van der Waals surface area contributed by atoms with Crippen molar-refractivity contribution < 1.29 is 18.3 Å². The number of rotatable bonds is 4. The standard InChI is InChI=1S/C18H17F3N2O/c1-2-11-5-3-4-6-14(11)23-17-13-9-12(18(19,20)21)7-8-15(13)22-16(17)10-24/h3-9,22-24H,2,10H2,1H3. The number of para-hydroxylation sites is 1. The quantitative estimate of drug-likeness (QED) is 0.630. The summed E-state index contributed by atoms with van der Waals surface area (Å²) in [5, 5.41) is 13.1. The van der Waals surface area contributed by atoms with E-state index in [0.29, 0.717) is 22.3 Å². The van der Waals surface area contributed by atoms with Crippen LogP contribution in [-0.2, 0) is 19.2 Å². The number of aromatic nitrogens is 1. The van der Waals surface area contributed by atoms with Crippen LogP contribution >= 0.6 is 0 Å². The number of fused-ring (bicyclic) bond motifs is 1. The van der Waals surface area contributed by atoms with Crippen LogP contribution in [0.15, 0.2) is 42.5 Å². The topological polar surface area (TPSA) is 48.0 Å². The summed E-state index contributed by atoms with van der Waals surface area (Å²) in [6, 6.07) is 11.1. The summed E-state index contributed by atoms with van der Waals surface area (Å²) >= 11 is 0. The van der Waals surface area contributed by atoms with Crippen LogP contribution in [-0.4, -0.2) is 10.1 Å². The molecule has 0 bridgehead atoms. The van der Waals surface area contributed by atoms with Crippen molar-refractivity contribution in [1.82, 2.24) is 4.98 Å². The Kier molecular flexibility index (Phi) is 4.24. The van der Waals surface area contributed by atoms with Gasteiger partial charge in [-0.3, -0.25) is 0 Å². The van der Waals surface area contributed by atoms with E-state index < -0.39 is 11.7 Å². The highest BCUT2D eigenvalue weighted by molar-refractivity contribution is 5.96. The Morgan fingerprint density at radius 1 is 1.12 bits per heavy atom. The number of aliphatic hydroxyl groups excluding tert-OH is 1. The molecule has 3 rings (SSSR count). The van der Waals surface area contributed by atoms with Gasteiger partial charge in [0.2, 0.25) is 0 Å². The first kappa shape index (κ1) is 16.4. The molecule has 0 unspecified atom stereocenters. The molecule has 0 atom stereocenters. The largest absolute Gasteiger partial charge is 0.416 e. The van der Waals surface area contributed by atoms with Gasteiger partial charge < -0.3 is 15.4 Å². The zero-order valence-electron chi connectivity index (χ0n) is 13.0. The van der Waals surface area contributed by atoms with Crippen molar-refractivity contribution in [2.24, 2.45) is 0 Å². The van der Waals surface area contributed by atoms with Gasteiger partial charge in [0.25, 0.3) is 0 Å². The first-order chi connectivity index (χ1) is 11.4. The normalized spacial score (nSPS) is 11.9. The highest BCUT2D eigenvalue weighted by Crippen LogP contribution is 2.36. The molecule has 2 aromatic carbocycles. The van der Waals surface area contributed by atoms with Crippen LogP contribution in [0, 0.1) is 0 Å². The molecule has 126 valence electrons. The zero-order chi connectivity index (χ0) is 17.3. The number of hydrogen-bond donors (Lipinski definition) is 3. The lowest BCUT2D eigenvalue weighted by atomic mass is 10.1. The minimum Gasteiger partial charge on any atom is -0.390 e. The SMILES string of the molecule is CCc1ccccc1Nc1c(CO)[nH]c2ccc(C(F)(F)F)cc12. The second-order valence-corrected chi connectivity index (χ2v) is 5.53. The molecule has 0 aliphatic rings. The molecule has 3 aromatic rings. The fourth-order valence-electron chi connectivity index (χ4n) is 2.77. The summed E-state index contributed by atoms with van der Waals surface area (Å²) in [7, 11) is 0. The van der Waals surface area contributed by atoms with Crippen molar-refractivity contribution in [3.63, 3.8) is 0 Å². The van der Waals surface area contributed by atoms with Crippen molar-refractivity contribution in [1.29, 1.82) is 0 Å². The molecule has 0 saturated heterocycles. The molecule has 1 heterocycles. The average Bonchev–Trinajstić information content (AvgIpc) is 2.91. The molecule has 0 radical (unpaired) electrons. The number of hydrogen-bond acceptors (Lipinski definition) is 2. The Hall–Kier alpha value is -2.47. The van der Waals surface area contributed by atoms with E-state index in [-0.39, 0.29) is 6.61 Å². The number of aliphatic hydroxyl groups is 1.